The molecule has 134 valence electrons. The lowest BCUT2D eigenvalue weighted by Crippen LogP contribution is -2.26. The zero-order valence-corrected chi connectivity index (χ0v) is 15.6. The number of benzene rings is 2. The van der Waals surface area contributed by atoms with Gasteiger partial charge in [-0.15, -0.1) is 10.2 Å². The maximum absolute atomic E-state index is 6.12. The Morgan fingerprint density at radius 1 is 0.846 bits per heavy atom. The van der Waals surface area contributed by atoms with Gasteiger partial charge in [0.2, 0.25) is 0 Å². The first-order chi connectivity index (χ1) is 12.8. The highest BCUT2D eigenvalue weighted by Gasteiger charge is 2.18. The second kappa shape index (κ2) is 8.02. The zero-order valence-electron chi connectivity index (χ0n) is 14.8. The summed E-state index contributed by atoms with van der Waals surface area (Å²) in [7, 11) is 0. The number of aryl methyl sites for hydroxylation is 2. The van der Waals surface area contributed by atoms with Gasteiger partial charge >= 0.3 is 0 Å². The van der Waals surface area contributed by atoms with Crippen LogP contribution in [0, 0.1) is 0 Å². The molecule has 0 unspecified atom stereocenters. The predicted octanol–water partition coefficient (Wildman–Crippen LogP) is 3.78. The van der Waals surface area contributed by atoms with Gasteiger partial charge in [-0.1, -0.05) is 54.1 Å². The molecule has 0 bridgehead atoms. The molecule has 0 saturated carbocycles. The second-order valence-electron chi connectivity index (χ2n) is 6.83. The SMILES string of the molecule is Clc1cccc(CN2CCc3nnc(CCc4ccccc4)n3CC2)c1. The maximum Gasteiger partial charge on any atom is 0.134 e. The molecular formula is C21H23ClN4. The molecule has 0 saturated heterocycles. The summed E-state index contributed by atoms with van der Waals surface area (Å²) in [5.41, 5.74) is 2.61. The highest BCUT2D eigenvalue weighted by Crippen LogP contribution is 2.16. The molecule has 0 amide bonds. The van der Waals surface area contributed by atoms with Crippen LogP contribution in [0.4, 0.5) is 0 Å². The summed E-state index contributed by atoms with van der Waals surface area (Å²) >= 11 is 6.12. The molecule has 0 spiro atoms. The minimum Gasteiger partial charge on any atom is -0.314 e. The van der Waals surface area contributed by atoms with E-state index >= 15 is 0 Å². The van der Waals surface area contributed by atoms with E-state index in [4.69, 9.17) is 11.6 Å². The van der Waals surface area contributed by atoms with Crippen LogP contribution >= 0.6 is 11.6 Å². The van der Waals surface area contributed by atoms with Crippen LogP contribution in [0.2, 0.25) is 5.02 Å². The van der Waals surface area contributed by atoms with E-state index in [-0.39, 0.29) is 0 Å². The van der Waals surface area contributed by atoms with Gasteiger partial charge in [-0.25, -0.2) is 0 Å². The summed E-state index contributed by atoms with van der Waals surface area (Å²) in [6.45, 7) is 3.89. The number of fused-ring (bicyclic) bond motifs is 1. The van der Waals surface area contributed by atoms with Crippen LogP contribution in [-0.4, -0.2) is 32.8 Å². The van der Waals surface area contributed by atoms with E-state index in [0.29, 0.717) is 0 Å². The van der Waals surface area contributed by atoms with E-state index in [9.17, 15) is 0 Å². The number of hydrogen-bond donors (Lipinski definition) is 0. The molecule has 0 fully saturated rings. The number of hydrogen-bond acceptors (Lipinski definition) is 3. The van der Waals surface area contributed by atoms with E-state index < -0.39 is 0 Å². The topological polar surface area (TPSA) is 34.0 Å². The third-order valence-corrected chi connectivity index (χ3v) is 5.21. The van der Waals surface area contributed by atoms with Crippen molar-refractivity contribution in [2.24, 2.45) is 0 Å². The van der Waals surface area contributed by atoms with Crippen molar-refractivity contribution < 1.29 is 0 Å². The van der Waals surface area contributed by atoms with Crippen molar-refractivity contribution in [1.82, 2.24) is 19.7 Å². The third kappa shape index (κ3) is 4.14. The number of halogens is 1. The Hall–Kier alpha value is -2.17. The standard InChI is InChI=1S/C21H23ClN4/c22-19-8-4-7-18(15-19)16-25-12-11-21-24-23-20(26(21)14-13-25)10-9-17-5-2-1-3-6-17/h1-8,15H,9-14,16H2. The molecule has 4 nitrogen and oxygen atoms in total. The highest BCUT2D eigenvalue weighted by molar-refractivity contribution is 6.30. The van der Waals surface area contributed by atoms with Crippen molar-refractivity contribution in [1.29, 1.82) is 0 Å². The fourth-order valence-electron chi connectivity index (χ4n) is 3.56. The normalized spacial score (nSPS) is 14.8. The van der Waals surface area contributed by atoms with Crippen LogP contribution in [0.5, 0.6) is 0 Å². The van der Waals surface area contributed by atoms with Crippen molar-refractivity contribution in [2.75, 3.05) is 13.1 Å². The molecule has 0 radical (unpaired) electrons. The van der Waals surface area contributed by atoms with Gasteiger partial charge in [0.15, 0.2) is 0 Å². The van der Waals surface area contributed by atoms with Crippen LogP contribution in [-0.2, 0) is 32.4 Å². The van der Waals surface area contributed by atoms with E-state index in [2.05, 4.69) is 62.1 Å². The lowest BCUT2D eigenvalue weighted by Gasteiger charge is -2.19. The fraction of sp³-hybridized carbons (Fsp3) is 0.333. The van der Waals surface area contributed by atoms with Crippen molar-refractivity contribution in [3.05, 3.63) is 82.4 Å². The summed E-state index contributed by atoms with van der Waals surface area (Å²) in [6.07, 6.45) is 2.88. The molecule has 0 atom stereocenters. The Bertz CT molecular complexity index is 859. The Labute approximate surface area is 159 Å². The molecule has 2 aromatic carbocycles. The third-order valence-electron chi connectivity index (χ3n) is 4.97. The summed E-state index contributed by atoms with van der Waals surface area (Å²) in [6, 6.07) is 18.7. The minimum atomic E-state index is 0.803. The second-order valence-corrected chi connectivity index (χ2v) is 7.26. The molecular weight excluding hydrogens is 344 g/mol. The molecule has 26 heavy (non-hydrogen) atoms. The van der Waals surface area contributed by atoms with Crippen LogP contribution in [0.15, 0.2) is 54.6 Å². The van der Waals surface area contributed by atoms with Crippen molar-refractivity contribution in [3.8, 4) is 0 Å². The molecule has 1 aliphatic heterocycles. The van der Waals surface area contributed by atoms with Gasteiger partial charge in [0.25, 0.3) is 0 Å². The predicted molar refractivity (Wildman–Crippen MR) is 104 cm³/mol. The van der Waals surface area contributed by atoms with Gasteiger partial charge in [0.05, 0.1) is 0 Å². The molecule has 0 N–H and O–H groups in total. The van der Waals surface area contributed by atoms with Crippen molar-refractivity contribution in [3.63, 3.8) is 0 Å². The fourth-order valence-corrected chi connectivity index (χ4v) is 3.78. The Balaban J connectivity index is 1.39. The Kier molecular flexibility index (Phi) is 5.32. The average Bonchev–Trinajstić information content (AvgIpc) is 2.94. The van der Waals surface area contributed by atoms with Crippen LogP contribution < -0.4 is 0 Å². The monoisotopic (exact) mass is 366 g/mol. The molecule has 0 aliphatic carbocycles. The van der Waals surface area contributed by atoms with Crippen LogP contribution in [0.3, 0.4) is 0 Å². The van der Waals surface area contributed by atoms with E-state index in [1.807, 2.05) is 12.1 Å². The number of rotatable bonds is 5. The van der Waals surface area contributed by atoms with E-state index in [1.54, 1.807) is 0 Å². The van der Waals surface area contributed by atoms with Crippen LogP contribution in [0.25, 0.3) is 0 Å². The average molecular weight is 367 g/mol. The molecule has 5 heteroatoms. The lowest BCUT2D eigenvalue weighted by atomic mass is 10.1. The Morgan fingerprint density at radius 2 is 1.69 bits per heavy atom. The van der Waals surface area contributed by atoms with Gasteiger partial charge in [-0.05, 0) is 29.7 Å². The smallest absolute Gasteiger partial charge is 0.134 e. The Morgan fingerprint density at radius 3 is 2.54 bits per heavy atom. The maximum atomic E-state index is 6.12. The summed E-state index contributed by atoms with van der Waals surface area (Å²) in [4.78, 5) is 2.47. The molecule has 2 heterocycles. The largest absolute Gasteiger partial charge is 0.314 e. The number of aromatic nitrogens is 3. The van der Waals surface area contributed by atoms with Crippen molar-refractivity contribution in [2.45, 2.75) is 32.4 Å². The van der Waals surface area contributed by atoms with Gasteiger partial charge in [-0.3, -0.25) is 4.90 Å². The molecule has 4 rings (SSSR count). The molecule has 1 aliphatic rings. The first kappa shape index (κ1) is 17.3. The zero-order chi connectivity index (χ0) is 17.8. The molecule has 1 aromatic heterocycles. The van der Waals surface area contributed by atoms with Gasteiger partial charge in [-0.2, -0.15) is 0 Å². The van der Waals surface area contributed by atoms with E-state index in [1.165, 1.54) is 11.1 Å². The number of nitrogens with zero attached hydrogens (tertiary/aromatic N) is 4. The van der Waals surface area contributed by atoms with Gasteiger partial charge in [0, 0.05) is 44.0 Å². The lowest BCUT2D eigenvalue weighted by molar-refractivity contribution is 0.270. The first-order valence-electron chi connectivity index (χ1n) is 9.19. The van der Waals surface area contributed by atoms with Crippen molar-refractivity contribution >= 4 is 11.6 Å². The summed E-state index contributed by atoms with van der Waals surface area (Å²) in [5.74, 6) is 2.22. The summed E-state index contributed by atoms with van der Waals surface area (Å²) < 4.78 is 2.32. The highest BCUT2D eigenvalue weighted by atomic mass is 35.5. The van der Waals surface area contributed by atoms with Crippen LogP contribution in [0.1, 0.15) is 22.8 Å². The summed E-state index contributed by atoms with van der Waals surface area (Å²) in [5, 5.41) is 9.71. The quantitative estimate of drug-likeness (QED) is 0.689. The minimum absolute atomic E-state index is 0.803. The van der Waals surface area contributed by atoms with Gasteiger partial charge < -0.3 is 4.57 Å². The first-order valence-corrected chi connectivity index (χ1v) is 9.57. The van der Waals surface area contributed by atoms with E-state index in [0.717, 1.165) is 62.1 Å². The molecule has 3 aromatic rings. The van der Waals surface area contributed by atoms with Gasteiger partial charge in [0.1, 0.15) is 11.6 Å².